The van der Waals surface area contributed by atoms with Gasteiger partial charge in [0.2, 0.25) is 47.3 Å². The number of thioether (sulfide) groups is 1. The maximum absolute atomic E-state index is 15.2. The standard InChI is InChI=1S/C86H134N10O18S/c1-20-56(9)78(94(17)82(107)65(53(4)5)44-69(99)77(54(6)7)91(13)14)71(111-18)45-75(103)96-49-62(43-67(96)79(112-19)58(11)80(105)89-48-70(100)63-34-29-55(8)40-57(63)10)114-85(110)93(16)39-38-92(15)84(109)113-50-60-32-30-59(31-33-60)41-68(98)66(27-23-24-28-73(87)101)90-81(106)64(52(2)3)42-61(97)26-22-21-25-37-95-76(104)46-72(83(95)108)115-51-86(35-36-86)47-74(102)88-12/h29-34,40,52-54,56,58,62,64-67,71-72,77-79H,20-28,35-39,41-51H2,1-19H3,(H2,87,101)(H,88,102)(H,89,105)(H,90,106)/t56-,58+,62-,64-,65-,66-,67-,71+,72?,77-,78-,79+/m0/s1. The second-order valence-corrected chi connectivity index (χ2v) is 34.7. The third-order valence-electron chi connectivity index (χ3n) is 23.2. The van der Waals surface area contributed by atoms with E-state index in [1.54, 1.807) is 56.3 Å². The zero-order valence-corrected chi connectivity index (χ0v) is 72.7. The van der Waals surface area contributed by atoms with Crippen molar-refractivity contribution in [3.05, 3.63) is 70.3 Å². The van der Waals surface area contributed by atoms with E-state index in [0.29, 0.717) is 67.4 Å². The van der Waals surface area contributed by atoms with Crippen molar-refractivity contribution in [1.82, 2.24) is 45.3 Å². The zero-order chi connectivity index (χ0) is 85.9. The summed E-state index contributed by atoms with van der Waals surface area (Å²) in [5, 5.41) is 7.89. The summed E-state index contributed by atoms with van der Waals surface area (Å²) in [7, 11) is 12.9. The molecular weight excluding hydrogens is 1490 g/mol. The van der Waals surface area contributed by atoms with Crippen LogP contribution in [0.2, 0.25) is 0 Å². The molecule has 1 aliphatic carbocycles. The van der Waals surface area contributed by atoms with Crippen LogP contribution in [0.1, 0.15) is 204 Å². The zero-order valence-electron chi connectivity index (χ0n) is 71.9. The van der Waals surface area contributed by atoms with E-state index < -0.39 is 101 Å². The molecule has 3 aliphatic rings. The molecule has 2 saturated heterocycles. The lowest BCUT2D eigenvalue weighted by atomic mass is 9.83. The van der Waals surface area contributed by atoms with Gasteiger partial charge in [0.15, 0.2) is 17.3 Å². The highest BCUT2D eigenvalue weighted by Gasteiger charge is 2.49. The molecule has 29 heteroatoms. The van der Waals surface area contributed by atoms with Crippen LogP contribution < -0.4 is 21.7 Å². The summed E-state index contributed by atoms with van der Waals surface area (Å²) in [5.74, 6) is -5.65. The number of ether oxygens (including phenoxy) is 4. The van der Waals surface area contributed by atoms with E-state index >= 15 is 4.79 Å². The molecule has 2 aromatic rings. The first-order chi connectivity index (χ1) is 54.2. The topological polar surface area (TPSA) is 357 Å². The van der Waals surface area contributed by atoms with Crippen molar-refractivity contribution in [3.63, 3.8) is 0 Å². The van der Waals surface area contributed by atoms with Gasteiger partial charge in [0.25, 0.3) is 0 Å². The maximum Gasteiger partial charge on any atom is 0.409 e. The number of aryl methyl sites for hydroxylation is 2. The van der Waals surface area contributed by atoms with Gasteiger partial charge in [0, 0.05) is 137 Å². The van der Waals surface area contributed by atoms with E-state index in [1.807, 2.05) is 100 Å². The fourth-order valence-electron chi connectivity index (χ4n) is 15.7. The molecule has 0 bridgehead atoms. The number of imide groups is 1. The molecule has 5 rings (SSSR count). The predicted octanol–water partition coefficient (Wildman–Crippen LogP) is 8.87. The van der Waals surface area contributed by atoms with Crippen LogP contribution in [0, 0.1) is 60.7 Å². The van der Waals surface area contributed by atoms with E-state index in [-0.39, 0.29) is 173 Å². The fourth-order valence-corrected chi connectivity index (χ4v) is 17.2. The summed E-state index contributed by atoms with van der Waals surface area (Å²) in [6.45, 7) is 20.5. The molecule has 12 atom stereocenters. The quantitative estimate of drug-likeness (QED) is 0.0273. The third-order valence-corrected chi connectivity index (χ3v) is 24.8. The smallest absolute Gasteiger partial charge is 0.409 e. The van der Waals surface area contributed by atoms with Crippen molar-refractivity contribution < 1.29 is 86.1 Å². The second kappa shape index (κ2) is 46.7. The second-order valence-electron chi connectivity index (χ2n) is 33.6. The van der Waals surface area contributed by atoms with Crippen LogP contribution in [0.3, 0.4) is 0 Å². The van der Waals surface area contributed by atoms with E-state index in [1.165, 1.54) is 59.7 Å². The van der Waals surface area contributed by atoms with Crippen molar-refractivity contribution in [1.29, 1.82) is 0 Å². The molecule has 2 aromatic carbocycles. The van der Waals surface area contributed by atoms with Gasteiger partial charge in [-0.2, -0.15) is 0 Å². The Morgan fingerprint density at radius 1 is 0.722 bits per heavy atom. The molecule has 1 unspecified atom stereocenters. The highest BCUT2D eigenvalue weighted by atomic mass is 32.2. The van der Waals surface area contributed by atoms with Crippen LogP contribution in [0.5, 0.6) is 0 Å². The number of hydrogen-bond donors (Lipinski definition) is 4. The number of rotatable bonds is 51. The van der Waals surface area contributed by atoms with Gasteiger partial charge in [-0.25, -0.2) is 9.59 Å². The number of unbranched alkanes of at least 4 members (excludes halogenated alkanes) is 3. The van der Waals surface area contributed by atoms with Crippen LogP contribution in [-0.4, -0.2) is 255 Å². The van der Waals surface area contributed by atoms with Crippen molar-refractivity contribution in [2.24, 2.45) is 52.6 Å². The van der Waals surface area contributed by atoms with Gasteiger partial charge in [0.05, 0.1) is 67.1 Å². The van der Waals surface area contributed by atoms with Gasteiger partial charge >= 0.3 is 12.2 Å². The molecule has 642 valence electrons. The Morgan fingerprint density at radius 3 is 1.93 bits per heavy atom. The molecule has 3 fully saturated rings. The number of hydrogen-bond acceptors (Lipinski definition) is 20. The number of carbonyl (C=O) groups excluding carboxylic acids is 14. The Labute approximate surface area is 686 Å². The molecule has 0 spiro atoms. The minimum atomic E-state index is -0.977. The number of Topliss-reactive ketones (excluding diaryl/α,β-unsaturated/α-hetero) is 4. The first-order valence-corrected chi connectivity index (χ1v) is 42.1. The Hall–Kier alpha value is -8.15. The molecule has 0 aromatic heterocycles. The molecule has 2 heterocycles. The highest BCUT2D eigenvalue weighted by molar-refractivity contribution is 8.00. The normalized spacial score (nSPS) is 18.2. The van der Waals surface area contributed by atoms with Crippen LogP contribution in [0.25, 0.3) is 0 Å². The van der Waals surface area contributed by atoms with E-state index in [4.69, 9.17) is 24.7 Å². The van der Waals surface area contributed by atoms with Gasteiger partial charge in [-0.15, -0.1) is 11.8 Å². The fraction of sp³-hybridized carbons (Fsp3) is 0.698. The summed E-state index contributed by atoms with van der Waals surface area (Å²) in [6.07, 6.45) is 1.43. The monoisotopic (exact) mass is 1630 g/mol. The first kappa shape index (κ1) is 97.4. The molecule has 1 saturated carbocycles. The molecule has 10 amide bonds. The first-order valence-electron chi connectivity index (χ1n) is 41.1. The number of likely N-dealkylation sites (tertiary alicyclic amines) is 2. The number of nitrogens with one attached hydrogen (secondary N) is 3. The van der Waals surface area contributed by atoms with Crippen LogP contribution in [-0.2, 0) is 84.7 Å². The molecular formula is C86H134N10O18S. The summed E-state index contributed by atoms with van der Waals surface area (Å²) in [5.41, 5.74) is 8.73. The molecule has 115 heavy (non-hydrogen) atoms. The number of nitrogens with two attached hydrogens (primary N) is 1. The van der Waals surface area contributed by atoms with Crippen molar-refractivity contribution in [2.75, 3.05) is 95.0 Å². The van der Waals surface area contributed by atoms with E-state index in [9.17, 15) is 62.3 Å². The average Bonchev–Trinajstić information content (AvgIpc) is 1.70. The van der Waals surface area contributed by atoms with Crippen molar-refractivity contribution >= 4 is 94.3 Å². The minimum Gasteiger partial charge on any atom is -0.445 e. The van der Waals surface area contributed by atoms with Crippen molar-refractivity contribution in [2.45, 2.75) is 246 Å². The highest BCUT2D eigenvalue weighted by Crippen LogP contribution is 2.52. The summed E-state index contributed by atoms with van der Waals surface area (Å²) in [6, 6.07) is 9.46. The van der Waals surface area contributed by atoms with Gasteiger partial charge in [-0.05, 0) is 112 Å². The lowest BCUT2D eigenvalue weighted by Gasteiger charge is -2.41. The lowest BCUT2D eigenvalue weighted by Crippen LogP contribution is -2.54. The molecule has 2 aliphatic heterocycles. The Kier molecular flexibility index (Phi) is 39.6. The van der Waals surface area contributed by atoms with Gasteiger partial charge in [-0.1, -0.05) is 130 Å². The molecule has 28 nitrogen and oxygen atoms in total. The number of methoxy groups -OCH3 is 2. The van der Waals surface area contributed by atoms with E-state index in [0.717, 1.165) is 24.0 Å². The van der Waals surface area contributed by atoms with Crippen molar-refractivity contribution in [3.8, 4) is 0 Å². The predicted molar refractivity (Wildman–Crippen MR) is 440 cm³/mol. The van der Waals surface area contributed by atoms with Crippen LogP contribution >= 0.6 is 11.8 Å². The van der Waals surface area contributed by atoms with Gasteiger partial charge < -0.3 is 60.2 Å². The third kappa shape index (κ3) is 29.5. The number of ketones is 4. The Bertz CT molecular complexity index is 3650. The van der Waals surface area contributed by atoms with Crippen LogP contribution in [0.4, 0.5) is 9.59 Å². The summed E-state index contributed by atoms with van der Waals surface area (Å²) >= 11 is 1.45. The number of benzene rings is 2. The number of primary amides is 1. The summed E-state index contributed by atoms with van der Waals surface area (Å²) in [4.78, 5) is 199. The van der Waals surface area contributed by atoms with E-state index in [2.05, 4.69) is 16.0 Å². The Morgan fingerprint density at radius 2 is 1.36 bits per heavy atom. The number of amides is 10. The van der Waals surface area contributed by atoms with Crippen LogP contribution in [0.15, 0.2) is 42.5 Å². The Balaban J connectivity index is 1.18. The maximum atomic E-state index is 15.2. The lowest BCUT2D eigenvalue weighted by molar-refractivity contribution is -0.149. The minimum absolute atomic E-state index is 0.00465. The number of nitrogens with zero attached hydrogens (tertiary/aromatic N) is 6. The molecule has 5 N–H and O–H groups in total. The number of likely N-dealkylation sites (N-methyl/N-ethyl adjacent to an activating group) is 4. The largest absolute Gasteiger partial charge is 0.445 e. The average molecular weight is 1630 g/mol. The SMILES string of the molecule is CC[C@H](C)[C@@H]([C@@H](CC(=O)N1C[C@@H](OC(=O)N(C)CCN(C)C(=O)OCc2ccc(CC(=O)[C@H](CCCCC(N)=O)NC(=O)[C@@H](CC(=O)CCCCCN3C(=O)CC(SCC4(CC(=O)NC)CC4)C3=O)C(C)C)cc2)C[C@H]1[C@H](OC)[C@@H](C)C(=O)NCC(=O)c1ccc(C)cc1C)OC)N(C)C(=O)[C@@H](CC(=O)[C@H](C(C)C)N(C)C)C(C)C. The summed E-state index contributed by atoms with van der Waals surface area (Å²) < 4.78 is 24.0. The van der Waals surface area contributed by atoms with Gasteiger partial charge in [-0.3, -0.25) is 67.3 Å². The molecule has 0 radical (unpaired) electrons. The van der Waals surface area contributed by atoms with Gasteiger partial charge in [0.1, 0.15) is 18.5 Å². The number of carbonyl (C=O) groups is 14.